The third-order valence-electron chi connectivity index (χ3n) is 5.40. The van der Waals surface area contributed by atoms with E-state index < -0.39 is 0 Å². The van der Waals surface area contributed by atoms with Crippen LogP contribution < -0.4 is 10.1 Å². The van der Waals surface area contributed by atoms with Gasteiger partial charge in [-0.2, -0.15) is 0 Å². The lowest BCUT2D eigenvalue weighted by Gasteiger charge is -2.32. The maximum atomic E-state index is 12.3. The second-order valence-electron chi connectivity index (χ2n) is 8.08. The number of para-hydroxylation sites is 1. The Hall–Kier alpha value is -2.84. The van der Waals surface area contributed by atoms with Crippen molar-refractivity contribution in [3.63, 3.8) is 0 Å². The van der Waals surface area contributed by atoms with Crippen molar-refractivity contribution in [3.8, 4) is 5.75 Å². The predicted octanol–water partition coefficient (Wildman–Crippen LogP) is 3.60. The molecule has 1 aromatic carbocycles. The minimum Gasteiger partial charge on any atom is -0.486 e. The summed E-state index contributed by atoms with van der Waals surface area (Å²) in [7, 11) is 3.71. The van der Waals surface area contributed by atoms with Crippen LogP contribution in [0.2, 0.25) is 0 Å². The maximum Gasteiger partial charge on any atom is 0.239 e. The number of thioether (sulfide) groups is 1. The summed E-state index contributed by atoms with van der Waals surface area (Å²) in [5.41, 5.74) is 1.61. The normalized spacial score (nSPS) is 22.6. The summed E-state index contributed by atoms with van der Waals surface area (Å²) in [5, 5.41) is 3.00. The van der Waals surface area contributed by atoms with Gasteiger partial charge >= 0.3 is 0 Å². The van der Waals surface area contributed by atoms with Gasteiger partial charge in [-0.3, -0.25) is 14.4 Å². The summed E-state index contributed by atoms with van der Waals surface area (Å²) in [6.45, 7) is 9.72. The van der Waals surface area contributed by atoms with E-state index in [1.54, 1.807) is 16.8 Å². The summed E-state index contributed by atoms with van der Waals surface area (Å²) in [6, 6.07) is 9.24. The first-order valence-electron chi connectivity index (χ1n) is 11.4. The molecule has 2 fully saturated rings. The Bertz CT molecular complexity index is 929. The van der Waals surface area contributed by atoms with Crippen LogP contribution in [-0.2, 0) is 14.4 Å². The monoisotopic (exact) mass is 485 g/mol. The van der Waals surface area contributed by atoms with Crippen LogP contribution in [0.15, 0.2) is 65.4 Å². The summed E-state index contributed by atoms with van der Waals surface area (Å²) in [6.07, 6.45) is 6.13. The Kier molecular flexibility index (Phi) is 11.1. The van der Waals surface area contributed by atoms with E-state index in [9.17, 15) is 14.4 Å². The van der Waals surface area contributed by atoms with Gasteiger partial charge in [-0.05, 0) is 51.1 Å². The standard InChI is InChI=1S/C18H27N3O2S.C8H8O2/c1-6-7-15-16(24-13(3)18(23)20(15)5)8-12(2)21-11-14(10-19-4)9-17(21)22;9-6-7-10-8-4-2-1-3-5-8/h7-8,13-14,19H,2,6,9-11H2,1,3-5H3;1-6H,7H2/b15-7+,16-8+;. The van der Waals surface area contributed by atoms with Crippen molar-refractivity contribution in [2.75, 3.05) is 33.8 Å². The van der Waals surface area contributed by atoms with Gasteiger partial charge in [0.05, 0.1) is 10.9 Å². The lowest BCUT2D eigenvalue weighted by molar-refractivity contribution is -0.127. The van der Waals surface area contributed by atoms with Crippen LogP contribution in [0.3, 0.4) is 0 Å². The number of carbonyl (C=O) groups excluding carboxylic acids is 3. The largest absolute Gasteiger partial charge is 0.486 e. The van der Waals surface area contributed by atoms with E-state index in [0.717, 1.165) is 35.6 Å². The third-order valence-corrected chi connectivity index (χ3v) is 6.53. The van der Waals surface area contributed by atoms with Gasteiger partial charge in [-0.15, -0.1) is 11.8 Å². The quantitative estimate of drug-likeness (QED) is 0.567. The van der Waals surface area contributed by atoms with Gasteiger partial charge in [0.2, 0.25) is 11.8 Å². The van der Waals surface area contributed by atoms with E-state index in [4.69, 9.17) is 4.74 Å². The number of amides is 2. The van der Waals surface area contributed by atoms with Crippen molar-refractivity contribution in [1.82, 2.24) is 15.1 Å². The molecule has 2 aliphatic heterocycles. The topological polar surface area (TPSA) is 79.0 Å². The molecule has 2 saturated heterocycles. The van der Waals surface area contributed by atoms with Crippen LogP contribution in [0, 0.1) is 5.92 Å². The molecule has 0 radical (unpaired) electrons. The molecule has 8 heteroatoms. The molecule has 2 amide bonds. The first kappa shape index (κ1) is 27.4. The van der Waals surface area contributed by atoms with Crippen molar-refractivity contribution >= 4 is 29.9 Å². The molecule has 1 N–H and O–H groups in total. The molecule has 34 heavy (non-hydrogen) atoms. The second kappa shape index (κ2) is 13.8. The van der Waals surface area contributed by atoms with E-state index in [0.29, 0.717) is 24.6 Å². The molecule has 2 aliphatic rings. The number of likely N-dealkylation sites (N-methyl/N-ethyl adjacent to an activating group) is 1. The number of ether oxygens (including phenoxy) is 1. The summed E-state index contributed by atoms with van der Waals surface area (Å²) < 4.78 is 4.99. The molecule has 2 atom stereocenters. The van der Waals surface area contributed by atoms with Crippen molar-refractivity contribution < 1.29 is 19.1 Å². The van der Waals surface area contributed by atoms with Crippen LogP contribution in [-0.4, -0.2) is 66.9 Å². The fourth-order valence-electron chi connectivity index (χ4n) is 3.76. The zero-order chi connectivity index (χ0) is 25.1. The van der Waals surface area contributed by atoms with Gasteiger partial charge in [0.25, 0.3) is 0 Å². The molecule has 3 rings (SSSR count). The average molecular weight is 486 g/mol. The second-order valence-corrected chi connectivity index (χ2v) is 9.46. The zero-order valence-electron chi connectivity index (χ0n) is 20.5. The molecule has 0 aromatic heterocycles. The minimum atomic E-state index is -0.130. The Morgan fingerprint density at radius 2 is 2.00 bits per heavy atom. The van der Waals surface area contributed by atoms with Gasteiger partial charge in [0.15, 0.2) is 6.29 Å². The lowest BCUT2D eigenvalue weighted by atomic mass is 10.1. The number of hydrogen-bond donors (Lipinski definition) is 1. The Balaban J connectivity index is 0.000000340. The molecule has 2 heterocycles. The number of benzene rings is 1. The third kappa shape index (κ3) is 7.60. The zero-order valence-corrected chi connectivity index (χ0v) is 21.3. The highest BCUT2D eigenvalue weighted by molar-refractivity contribution is 8.04. The van der Waals surface area contributed by atoms with E-state index in [-0.39, 0.29) is 23.7 Å². The van der Waals surface area contributed by atoms with Crippen molar-refractivity contribution in [2.45, 2.75) is 31.9 Å². The smallest absolute Gasteiger partial charge is 0.239 e. The first-order chi connectivity index (χ1) is 16.3. The molecule has 184 valence electrons. The van der Waals surface area contributed by atoms with Crippen LogP contribution >= 0.6 is 11.8 Å². The summed E-state index contributed by atoms with van der Waals surface area (Å²) >= 11 is 1.54. The molecular formula is C26H35N3O4S. The van der Waals surface area contributed by atoms with E-state index in [1.165, 1.54) is 11.8 Å². The van der Waals surface area contributed by atoms with Gasteiger partial charge < -0.3 is 19.9 Å². The number of allylic oxidation sites excluding steroid dienone is 2. The number of nitrogens with zero attached hydrogens (tertiary/aromatic N) is 2. The Morgan fingerprint density at radius 3 is 2.62 bits per heavy atom. The van der Waals surface area contributed by atoms with Crippen LogP contribution in [0.25, 0.3) is 0 Å². The molecule has 2 unspecified atom stereocenters. The number of carbonyl (C=O) groups is 3. The molecule has 1 aromatic rings. The van der Waals surface area contributed by atoms with E-state index in [1.807, 2.05) is 63.4 Å². The number of hydrogen-bond acceptors (Lipinski definition) is 6. The van der Waals surface area contributed by atoms with Crippen molar-refractivity contribution in [2.24, 2.45) is 5.92 Å². The fraction of sp³-hybridized carbons (Fsp3) is 0.423. The average Bonchev–Trinajstić information content (AvgIpc) is 3.20. The molecular weight excluding hydrogens is 450 g/mol. The number of likely N-dealkylation sites (tertiary alicyclic amines) is 1. The number of rotatable bonds is 8. The molecule has 0 spiro atoms. The summed E-state index contributed by atoms with van der Waals surface area (Å²) in [5.74, 6) is 1.28. The SMILES string of the molecule is C=C(/C=C1/SC(C)C(=O)N(C)/C1=C/CC)N1CC(CNC)CC1=O.O=CCOc1ccccc1. The van der Waals surface area contributed by atoms with Crippen LogP contribution in [0.5, 0.6) is 5.75 Å². The van der Waals surface area contributed by atoms with Gasteiger partial charge in [-0.1, -0.05) is 37.8 Å². The molecule has 0 bridgehead atoms. The fourth-order valence-corrected chi connectivity index (χ4v) is 4.94. The molecule has 0 saturated carbocycles. The highest BCUT2D eigenvalue weighted by Crippen LogP contribution is 2.38. The minimum absolute atomic E-state index is 0.105. The Morgan fingerprint density at radius 1 is 1.29 bits per heavy atom. The summed E-state index contributed by atoms with van der Waals surface area (Å²) in [4.78, 5) is 38.8. The first-order valence-corrected chi connectivity index (χ1v) is 12.3. The predicted molar refractivity (Wildman–Crippen MR) is 137 cm³/mol. The van der Waals surface area contributed by atoms with E-state index >= 15 is 0 Å². The molecule has 0 aliphatic carbocycles. The number of nitrogens with one attached hydrogen (secondary N) is 1. The van der Waals surface area contributed by atoms with Crippen LogP contribution in [0.4, 0.5) is 0 Å². The van der Waals surface area contributed by atoms with Crippen LogP contribution in [0.1, 0.15) is 26.7 Å². The van der Waals surface area contributed by atoms with Crippen molar-refractivity contribution in [1.29, 1.82) is 0 Å². The van der Waals surface area contributed by atoms with Gasteiger partial charge in [-0.25, -0.2) is 0 Å². The molecule has 7 nitrogen and oxygen atoms in total. The highest BCUT2D eigenvalue weighted by atomic mass is 32.2. The van der Waals surface area contributed by atoms with Crippen molar-refractivity contribution in [3.05, 3.63) is 65.4 Å². The Labute approximate surface area is 206 Å². The lowest BCUT2D eigenvalue weighted by Crippen LogP contribution is -2.37. The number of aldehydes is 1. The highest BCUT2D eigenvalue weighted by Gasteiger charge is 2.33. The van der Waals surface area contributed by atoms with E-state index in [2.05, 4.69) is 11.9 Å². The van der Waals surface area contributed by atoms with Gasteiger partial charge in [0.1, 0.15) is 12.4 Å². The maximum absolute atomic E-state index is 12.3. The van der Waals surface area contributed by atoms with Gasteiger partial charge in [0, 0.05) is 30.6 Å².